The van der Waals surface area contributed by atoms with Gasteiger partial charge < -0.3 is 9.73 Å². The molecule has 4 rings (SSSR count). The highest BCUT2D eigenvalue weighted by molar-refractivity contribution is 8.26. The van der Waals surface area contributed by atoms with Crippen molar-refractivity contribution in [2.75, 3.05) is 11.9 Å². The van der Waals surface area contributed by atoms with Crippen molar-refractivity contribution < 1.29 is 9.21 Å². The number of carbonyl (C=O) groups is 1. The van der Waals surface area contributed by atoms with E-state index in [-0.39, 0.29) is 11.5 Å². The predicted molar refractivity (Wildman–Crippen MR) is 141 cm³/mol. The molecule has 0 bridgehead atoms. The van der Waals surface area contributed by atoms with Crippen LogP contribution in [0, 0.1) is 6.92 Å². The van der Waals surface area contributed by atoms with E-state index in [0.29, 0.717) is 45.1 Å². The number of carbonyl (C=O) groups excluding carboxylic acids is 1. The number of nitrogens with one attached hydrogen (secondary N) is 1. The Bertz CT molecular complexity index is 1280. The van der Waals surface area contributed by atoms with Crippen molar-refractivity contribution in [1.29, 1.82) is 0 Å². The average molecular weight is 497 g/mol. The summed E-state index contributed by atoms with van der Waals surface area (Å²) >= 11 is 6.71. The van der Waals surface area contributed by atoms with Crippen molar-refractivity contribution in [1.82, 2.24) is 14.3 Å². The number of anilines is 1. The van der Waals surface area contributed by atoms with Crippen LogP contribution < -0.4 is 10.9 Å². The van der Waals surface area contributed by atoms with Crippen LogP contribution in [-0.4, -0.2) is 31.1 Å². The molecule has 1 N–H and O–H groups in total. The Hall–Kier alpha value is -2.91. The molecule has 4 heterocycles. The van der Waals surface area contributed by atoms with Crippen LogP contribution in [0.1, 0.15) is 55.9 Å². The lowest BCUT2D eigenvalue weighted by Gasteiger charge is -2.14. The standard InChI is InChI=1S/C25H28N4O3S2/c1-3-4-5-6-7-12-29-24(31)20(34-25(29)33)15-19-21(26-16-18-11-9-14-32-18)27-22-17(2)10-8-13-28(22)23(19)30/h8-11,13-15,26H,3-7,12,16H2,1-2H3/b20-15-. The highest BCUT2D eigenvalue weighted by atomic mass is 32.2. The number of thiocarbonyl (C=S) groups is 1. The van der Waals surface area contributed by atoms with Crippen molar-refractivity contribution in [3.8, 4) is 0 Å². The van der Waals surface area contributed by atoms with Crippen LogP contribution in [0.2, 0.25) is 0 Å². The average Bonchev–Trinajstić information content (AvgIpc) is 3.43. The third-order valence-corrected chi connectivity index (χ3v) is 7.11. The second kappa shape index (κ2) is 11.0. The minimum atomic E-state index is -0.250. The summed E-state index contributed by atoms with van der Waals surface area (Å²) in [6.45, 7) is 5.05. The second-order valence-electron chi connectivity index (χ2n) is 8.24. The van der Waals surface area contributed by atoms with Crippen molar-refractivity contribution in [3.05, 3.63) is 68.9 Å². The lowest BCUT2D eigenvalue weighted by atomic mass is 10.1. The summed E-state index contributed by atoms with van der Waals surface area (Å²) in [6.07, 6.45) is 10.4. The first-order valence-corrected chi connectivity index (χ1v) is 12.8. The van der Waals surface area contributed by atoms with Gasteiger partial charge in [-0.25, -0.2) is 4.98 Å². The molecule has 0 unspecified atom stereocenters. The minimum absolute atomic E-state index is 0.156. The zero-order valence-electron chi connectivity index (χ0n) is 19.4. The molecule has 178 valence electrons. The molecular formula is C25H28N4O3S2. The summed E-state index contributed by atoms with van der Waals surface area (Å²) in [4.78, 5) is 33.3. The van der Waals surface area contributed by atoms with Gasteiger partial charge in [0.05, 0.1) is 23.3 Å². The number of aromatic nitrogens is 2. The minimum Gasteiger partial charge on any atom is -0.467 e. The van der Waals surface area contributed by atoms with Gasteiger partial charge in [-0.1, -0.05) is 62.7 Å². The summed E-state index contributed by atoms with van der Waals surface area (Å²) < 4.78 is 7.44. The second-order valence-corrected chi connectivity index (χ2v) is 9.92. The Labute approximate surface area is 208 Å². The van der Waals surface area contributed by atoms with E-state index < -0.39 is 0 Å². The predicted octanol–water partition coefficient (Wildman–Crippen LogP) is 5.38. The fourth-order valence-electron chi connectivity index (χ4n) is 3.86. The fraction of sp³-hybridized carbons (Fsp3) is 0.360. The summed E-state index contributed by atoms with van der Waals surface area (Å²) in [6, 6.07) is 7.36. The SMILES string of the molecule is CCCCCCCN1C(=O)/C(=C/c2c(NCc3ccco3)nc3c(C)cccn3c2=O)SC1=S. The number of unbranched alkanes of at least 4 members (excludes halogenated alkanes) is 4. The number of rotatable bonds is 10. The summed E-state index contributed by atoms with van der Waals surface area (Å²) in [5.74, 6) is 0.962. The van der Waals surface area contributed by atoms with Gasteiger partial charge in [0, 0.05) is 12.7 Å². The largest absolute Gasteiger partial charge is 0.467 e. The highest BCUT2D eigenvalue weighted by Gasteiger charge is 2.32. The maximum Gasteiger partial charge on any atom is 0.267 e. The Morgan fingerprint density at radius 1 is 1.18 bits per heavy atom. The number of fused-ring (bicyclic) bond motifs is 1. The number of nitrogens with zero attached hydrogens (tertiary/aromatic N) is 3. The molecule has 1 aliphatic rings. The van der Waals surface area contributed by atoms with Crippen LogP contribution in [0.4, 0.5) is 5.82 Å². The number of thioether (sulfide) groups is 1. The van der Waals surface area contributed by atoms with Gasteiger partial charge in [-0.3, -0.25) is 18.9 Å². The maximum absolute atomic E-state index is 13.4. The zero-order chi connectivity index (χ0) is 24.1. The maximum atomic E-state index is 13.4. The van der Waals surface area contributed by atoms with Crippen LogP contribution in [-0.2, 0) is 11.3 Å². The molecule has 3 aromatic heterocycles. The number of furan rings is 1. The molecule has 9 heteroatoms. The van der Waals surface area contributed by atoms with Crippen LogP contribution in [0.15, 0.2) is 50.8 Å². The number of aryl methyl sites for hydroxylation is 1. The van der Waals surface area contributed by atoms with E-state index in [4.69, 9.17) is 21.6 Å². The number of amides is 1. The lowest BCUT2D eigenvalue weighted by molar-refractivity contribution is -0.122. The number of hydrogen-bond donors (Lipinski definition) is 1. The molecule has 0 aromatic carbocycles. The first kappa shape index (κ1) is 24.2. The molecule has 7 nitrogen and oxygen atoms in total. The van der Waals surface area contributed by atoms with E-state index in [1.54, 1.807) is 29.5 Å². The molecule has 3 aromatic rings. The molecule has 0 aliphatic carbocycles. The van der Waals surface area contributed by atoms with E-state index in [9.17, 15) is 9.59 Å². The molecular weight excluding hydrogens is 468 g/mol. The van der Waals surface area contributed by atoms with Gasteiger partial charge in [-0.05, 0) is 43.2 Å². The lowest BCUT2D eigenvalue weighted by Crippen LogP contribution is -2.29. The van der Waals surface area contributed by atoms with Crippen molar-refractivity contribution >= 4 is 51.7 Å². The Morgan fingerprint density at radius 2 is 2.00 bits per heavy atom. The first-order valence-electron chi connectivity index (χ1n) is 11.5. The molecule has 0 saturated carbocycles. The van der Waals surface area contributed by atoms with Crippen molar-refractivity contribution in [2.24, 2.45) is 0 Å². The van der Waals surface area contributed by atoms with E-state index >= 15 is 0 Å². The van der Waals surface area contributed by atoms with Crippen molar-refractivity contribution in [3.63, 3.8) is 0 Å². The summed E-state index contributed by atoms with van der Waals surface area (Å²) in [5.41, 5.74) is 1.51. The molecule has 1 saturated heterocycles. The normalized spacial score (nSPS) is 15.1. The number of pyridine rings is 1. The van der Waals surface area contributed by atoms with E-state index in [1.165, 1.54) is 29.0 Å². The topological polar surface area (TPSA) is 79.8 Å². The molecule has 0 spiro atoms. The molecule has 34 heavy (non-hydrogen) atoms. The van der Waals surface area contributed by atoms with Gasteiger partial charge in [-0.2, -0.15) is 0 Å². The summed E-state index contributed by atoms with van der Waals surface area (Å²) in [5, 5.41) is 3.21. The van der Waals surface area contributed by atoms with E-state index in [1.807, 2.05) is 25.1 Å². The highest BCUT2D eigenvalue weighted by Crippen LogP contribution is 2.33. The van der Waals surface area contributed by atoms with Gasteiger partial charge >= 0.3 is 0 Å². The third-order valence-electron chi connectivity index (χ3n) is 5.73. The van der Waals surface area contributed by atoms with Gasteiger partial charge in [0.25, 0.3) is 11.5 Å². The van der Waals surface area contributed by atoms with Gasteiger partial charge in [0.15, 0.2) is 0 Å². The molecule has 1 aliphatic heterocycles. The Kier molecular flexibility index (Phi) is 7.84. The van der Waals surface area contributed by atoms with Crippen LogP contribution in [0.5, 0.6) is 0 Å². The van der Waals surface area contributed by atoms with E-state index in [0.717, 1.165) is 24.8 Å². The summed E-state index contributed by atoms with van der Waals surface area (Å²) in [7, 11) is 0. The first-order chi connectivity index (χ1) is 16.5. The molecule has 0 radical (unpaired) electrons. The monoisotopic (exact) mass is 496 g/mol. The smallest absolute Gasteiger partial charge is 0.267 e. The van der Waals surface area contributed by atoms with Gasteiger partial charge in [-0.15, -0.1) is 0 Å². The Balaban J connectivity index is 1.65. The van der Waals surface area contributed by atoms with Gasteiger partial charge in [0.2, 0.25) is 0 Å². The fourth-order valence-corrected chi connectivity index (χ4v) is 5.15. The zero-order valence-corrected chi connectivity index (χ0v) is 21.0. The van der Waals surface area contributed by atoms with Crippen molar-refractivity contribution in [2.45, 2.75) is 52.5 Å². The molecule has 1 amide bonds. The van der Waals surface area contributed by atoms with Crippen LogP contribution >= 0.6 is 24.0 Å². The Morgan fingerprint density at radius 3 is 2.76 bits per heavy atom. The van der Waals surface area contributed by atoms with E-state index in [2.05, 4.69) is 12.2 Å². The number of hydrogen-bond acceptors (Lipinski definition) is 7. The molecule has 0 atom stereocenters. The molecule has 1 fully saturated rings. The third kappa shape index (κ3) is 5.26. The van der Waals surface area contributed by atoms with Crippen LogP contribution in [0.25, 0.3) is 11.7 Å². The van der Waals surface area contributed by atoms with Gasteiger partial charge in [0.1, 0.15) is 21.5 Å². The van der Waals surface area contributed by atoms with Crippen LogP contribution in [0.3, 0.4) is 0 Å². The quantitative estimate of drug-likeness (QED) is 0.229.